The number of hydrogen-bond acceptors (Lipinski definition) is 4. The van der Waals surface area contributed by atoms with Crippen LogP contribution in [0.1, 0.15) is 26.3 Å². The van der Waals surface area contributed by atoms with Gasteiger partial charge in [0.25, 0.3) is 5.91 Å². The van der Waals surface area contributed by atoms with Crippen molar-refractivity contribution in [1.29, 1.82) is 0 Å². The minimum Gasteiger partial charge on any atom is -0.478 e. The SMILES string of the molecule is Cc1cccc(C(=O)O)c1NC(=O)c1ccc(S(C)(=O)=O)cc1. The molecule has 23 heavy (non-hydrogen) atoms. The van der Waals surface area contributed by atoms with Crippen LogP contribution in [0.25, 0.3) is 0 Å². The topological polar surface area (TPSA) is 101 Å². The molecule has 0 aromatic heterocycles. The molecule has 0 aliphatic heterocycles. The summed E-state index contributed by atoms with van der Waals surface area (Å²) < 4.78 is 22.8. The van der Waals surface area contributed by atoms with Gasteiger partial charge in [-0.05, 0) is 42.8 Å². The van der Waals surface area contributed by atoms with Crippen molar-refractivity contribution in [2.45, 2.75) is 11.8 Å². The fourth-order valence-corrected chi connectivity index (χ4v) is 2.68. The number of carboxylic acids is 1. The normalized spacial score (nSPS) is 11.0. The molecule has 0 bridgehead atoms. The van der Waals surface area contributed by atoms with Crippen molar-refractivity contribution in [3.63, 3.8) is 0 Å². The molecule has 0 aliphatic rings. The largest absolute Gasteiger partial charge is 0.478 e. The van der Waals surface area contributed by atoms with Crippen LogP contribution in [0.3, 0.4) is 0 Å². The number of nitrogens with one attached hydrogen (secondary N) is 1. The number of sulfone groups is 1. The van der Waals surface area contributed by atoms with Crippen LogP contribution in [0, 0.1) is 6.92 Å². The second-order valence-electron chi connectivity index (χ2n) is 5.05. The van der Waals surface area contributed by atoms with Crippen LogP contribution in [0.4, 0.5) is 5.69 Å². The summed E-state index contributed by atoms with van der Waals surface area (Å²) in [5.74, 6) is -1.65. The van der Waals surface area contributed by atoms with Crippen LogP contribution >= 0.6 is 0 Å². The highest BCUT2D eigenvalue weighted by molar-refractivity contribution is 7.90. The number of benzene rings is 2. The summed E-state index contributed by atoms with van der Waals surface area (Å²) in [5.41, 5.74) is 1.06. The van der Waals surface area contributed by atoms with Gasteiger partial charge in [0.15, 0.2) is 9.84 Å². The molecule has 0 aliphatic carbocycles. The van der Waals surface area contributed by atoms with Gasteiger partial charge in [0.2, 0.25) is 0 Å². The molecule has 2 N–H and O–H groups in total. The summed E-state index contributed by atoms with van der Waals surface area (Å²) in [6.07, 6.45) is 1.08. The average Bonchev–Trinajstić information content (AvgIpc) is 2.48. The van der Waals surface area contributed by atoms with Crippen molar-refractivity contribution in [2.75, 3.05) is 11.6 Å². The van der Waals surface area contributed by atoms with Gasteiger partial charge >= 0.3 is 5.97 Å². The smallest absolute Gasteiger partial charge is 0.337 e. The zero-order valence-electron chi connectivity index (χ0n) is 12.5. The lowest BCUT2D eigenvalue weighted by Crippen LogP contribution is -2.16. The molecule has 0 saturated heterocycles. The van der Waals surface area contributed by atoms with E-state index in [4.69, 9.17) is 0 Å². The zero-order chi connectivity index (χ0) is 17.2. The Labute approximate surface area is 133 Å². The molecule has 0 saturated carbocycles. The standard InChI is InChI=1S/C16H15NO5S/c1-10-4-3-5-13(16(19)20)14(10)17-15(18)11-6-8-12(9-7-11)23(2,21)22/h3-9H,1-2H3,(H,17,18)(H,19,20). The number of rotatable bonds is 4. The lowest BCUT2D eigenvalue weighted by molar-refractivity contribution is 0.0698. The number of carbonyl (C=O) groups excluding carboxylic acids is 1. The molecule has 0 fully saturated rings. The Kier molecular flexibility index (Phi) is 4.51. The third kappa shape index (κ3) is 3.75. The predicted molar refractivity (Wildman–Crippen MR) is 85.6 cm³/mol. The molecule has 120 valence electrons. The van der Waals surface area contributed by atoms with E-state index in [1.807, 2.05) is 0 Å². The third-order valence-electron chi connectivity index (χ3n) is 3.29. The second kappa shape index (κ2) is 6.21. The first-order chi connectivity index (χ1) is 10.7. The quantitative estimate of drug-likeness (QED) is 0.894. The number of carboxylic acid groups (broad SMARTS) is 1. The Morgan fingerprint density at radius 1 is 1.04 bits per heavy atom. The number of para-hydroxylation sites is 1. The Morgan fingerprint density at radius 2 is 1.65 bits per heavy atom. The number of aromatic carboxylic acids is 1. The summed E-state index contributed by atoms with van der Waals surface area (Å²) in [7, 11) is -3.34. The minimum absolute atomic E-state index is 0.00824. The molecule has 6 nitrogen and oxygen atoms in total. The summed E-state index contributed by atoms with van der Waals surface area (Å²) in [5, 5.41) is 11.7. The lowest BCUT2D eigenvalue weighted by Gasteiger charge is -2.11. The maximum absolute atomic E-state index is 12.2. The average molecular weight is 333 g/mol. The Hall–Kier alpha value is -2.67. The number of anilines is 1. The molecule has 7 heteroatoms. The van der Waals surface area contributed by atoms with Gasteiger partial charge < -0.3 is 10.4 Å². The molecule has 2 rings (SSSR count). The van der Waals surface area contributed by atoms with Crippen LogP contribution < -0.4 is 5.32 Å². The van der Waals surface area contributed by atoms with E-state index in [1.165, 1.54) is 30.3 Å². The number of amides is 1. The van der Waals surface area contributed by atoms with E-state index in [2.05, 4.69) is 5.32 Å². The molecule has 0 spiro atoms. The van der Waals surface area contributed by atoms with Gasteiger partial charge in [0.05, 0.1) is 16.1 Å². The van der Waals surface area contributed by atoms with Crippen molar-refractivity contribution in [2.24, 2.45) is 0 Å². The molecule has 2 aromatic rings. The van der Waals surface area contributed by atoms with Crippen molar-refractivity contribution >= 4 is 27.4 Å². The highest BCUT2D eigenvalue weighted by Crippen LogP contribution is 2.21. The van der Waals surface area contributed by atoms with Gasteiger partial charge in [-0.25, -0.2) is 13.2 Å². The molecule has 0 heterocycles. The summed E-state index contributed by atoms with van der Waals surface area (Å²) >= 11 is 0. The Bertz CT molecular complexity index is 870. The lowest BCUT2D eigenvalue weighted by atomic mass is 10.1. The van der Waals surface area contributed by atoms with E-state index in [0.717, 1.165) is 6.26 Å². The van der Waals surface area contributed by atoms with Crippen LogP contribution in [0.2, 0.25) is 0 Å². The predicted octanol–water partition coefficient (Wildman–Crippen LogP) is 2.35. The number of carbonyl (C=O) groups is 2. The first-order valence-corrected chi connectivity index (χ1v) is 8.53. The minimum atomic E-state index is -3.34. The van der Waals surface area contributed by atoms with Crippen LogP contribution in [-0.4, -0.2) is 31.7 Å². The van der Waals surface area contributed by atoms with E-state index >= 15 is 0 Å². The first kappa shape index (κ1) is 16.7. The van der Waals surface area contributed by atoms with Gasteiger partial charge in [-0.3, -0.25) is 4.79 Å². The van der Waals surface area contributed by atoms with Crippen LogP contribution in [0.15, 0.2) is 47.4 Å². The Morgan fingerprint density at radius 3 is 2.17 bits per heavy atom. The highest BCUT2D eigenvalue weighted by atomic mass is 32.2. The maximum Gasteiger partial charge on any atom is 0.337 e. The van der Waals surface area contributed by atoms with E-state index in [1.54, 1.807) is 19.1 Å². The molecular formula is C16H15NO5S. The molecule has 1 amide bonds. The monoisotopic (exact) mass is 333 g/mol. The molecule has 0 unspecified atom stereocenters. The maximum atomic E-state index is 12.2. The van der Waals surface area contributed by atoms with Gasteiger partial charge in [-0.1, -0.05) is 12.1 Å². The molecular weight excluding hydrogens is 318 g/mol. The number of aryl methyl sites for hydroxylation is 1. The molecule has 0 atom stereocenters. The second-order valence-corrected chi connectivity index (χ2v) is 7.07. The van der Waals surface area contributed by atoms with Gasteiger partial charge in [-0.2, -0.15) is 0 Å². The van der Waals surface area contributed by atoms with E-state index in [-0.39, 0.29) is 21.7 Å². The van der Waals surface area contributed by atoms with Crippen LogP contribution in [0.5, 0.6) is 0 Å². The first-order valence-electron chi connectivity index (χ1n) is 6.64. The van der Waals surface area contributed by atoms with Gasteiger partial charge in [0.1, 0.15) is 0 Å². The highest BCUT2D eigenvalue weighted by Gasteiger charge is 2.16. The van der Waals surface area contributed by atoms with Gasteiger partial charge in [-0.15, -0.1) is 0 Å². The number of hydrogen-bond donors (Lipinski definition) is 2. The molecule has 2 aromatic carbocycles. The van der Waals surface area contributed by atoms with E-state index in [0.29, 0.717) is 5.56 Å². The summed E-state index contributed by atoms with van der Waals surface area (Å²) in [6, 6.07) is 10.1. The summed E-state index contributed by atoms with van der Waals surface area (Å²) in [6.45, 7) is 1.69. The van der Waals surface area contributed by atoms with Gasteiger partial charge in [0, 0.05) is 11.8 Å². The fraction of sp³-hybridized carbons (Fsp3) is 0.125. The van der Waals surface area contributed by atoms with Crippen molar-refractivity contribution in [1.82, 2.24) is 0 Å². The Balaban J connectivity index is 2.32. The third-order valence-corrected chi connectivity index (χ3v) is 4.41. The van der Waals surface area contributed by atoms with E-state index in [9.17, 15) is 23.1 Å². The summed E-state index contributed by atoms with van der Waals surface area (Å²) in [4.78, 5) is 23.6. The van der Waals surface area contributed by atoms with Crippen molar-refractivity contribution in [3.05, 3.63) is 59.2 Å². The van der Waals surface area contributed by atoms with Crippen LogP contribution in [-0.2, 0) is 9.84 Å². The van der Waals surface area contributed by atoms with Crippen molar-refractivity contribution < 1.29 is 23.1 Å². The fourth-order valence-electron chi connectivity index (χ4n) is 2.05. The zero-order valence-corrected chi connectivity index (χ0v) is 13.3. The molecule has 0 radical (unpaired) electrons. The van der Waals surface area contributed by atoms with Crippen molar-refractivity contribution in [3.8, 4) is 0 Å². The van der Waals surface area contributed by atoms with E-state index < -0.39 is 21.7 Å².